The van der Waals surface area contributed by atoms with Gasteiger partial charge in [-0.1, -0.05) is 23.7 Å². The van der Waals surface area contributed by atoms with Gasteiger partial charge in [0.05, 0.1) is 24.6 Å². The molecule has 4 aromatic rings. The van der Waals surface area contributed by atoms with Crippen LogP contribution < -0.4 is 10.1 Å². The second kappa shape index (κ2) is 10.1. The zero-order chi connectivity index (χ0) is 24.2. The molecule has 0 aliphatic heterocycles. The number of anilines is 1. The number of halogens is 1. The normalized spacial score (nSPS) is 11.0. The van der Waals surface area contributed by atoms with Crippen molar-refractivity contribution in [2.75, 3.05) is 5.32 Å². The predicted molar refractivity (Wildman–Crippen MR) is 134 cm³/mol. The number of hydrogen-bond acceptors (Lipinski definition) is 4. The Balaban J connectivity index is 1.33. The fraction of sp³-hybridized carbons (Fsp3) is 0.269. The molecule has 1 amide bonds. The van der Waals surface area contributed by atoms with Gasteiger partial charge in [0.25, 0.3) is 5.91 Å². The number of carbonyl (C=O) groups is 1. The zero-order valence-electron chi connectivity index (χ0n) is 19.8. The number of nitrogens with one attached hydrogen (secondary N) is 1. The Morgan fingerprint density at radius 1 is 1.06 bits per heavy atom. The Morgan fingerprint density at radius 2 is 1.76 bits per heavy atom. The molecular formula is C26H28ClN5O2. The van der Waals surface area contributed by atoms with Crippen LogP contribution in [-0.2, 0) is 19.7 Å². The monoisotopic (exact) mass is 477 g/mol. The number of ether oxygens (including phenoxy) is 1. The number of rotatable bonds is 8. The van der Waals surface area contributed by atoms with Gasteiger partial charge in [0, 0.05) is 34.6 Å². The molecule has 0 saturated heterocycles. The molecule has 0 unspecified atom stereocenters. The van der Waals surface area contributed by atoms with Crippen molar-refractivity contribution in [2.24, 2.45) is 0 Å². The summed E-state index contributed by atoms with van der Waals surface area (Å²) in [6.07, 6.45) is 5.33. The van der Waals surface area contributed by atoms with E-state index in [0.29, 0.717) is 24.4 Å². The van der Waals surface area contributed by atoms with Crippen molar-refractivity contribution in [3.63, 3.8) is 0 Å². The first-order valence-corrected chi connectivity index (χ1v) is 11.6. The lowest BCUT2D eigenvalue weighted by Crippen LogP contribution is -2.11. The van der Waals surface area contributed by atoms with Crippen LogP contribution in [0.3, 0.4) is 0 Å². The maximum absolute atomic E-state index is 12.7. The van der Waals surface area contributed by atoms with Gasteiger partial charge in [-0.2, -0.15) is 10.2 Å². The maximum atomic E-state index is 12.7. The summed E-state index contributed by atoms with van der Waals surface area (Å²) in [5.41, 5.74) is 6.37. The number of benzene rings is 2. The smallest absolute Gasteiger partial charge is 0.255 e. The Morgan fingerprint density at radius 3 is 2.41 bits per heavy atom. The van der Waals surface area contributed by atoms with Crippen LogP contribution in [-0.4, -0.2) is 25.5 Å². The van der Waals surface area contributed by atoms with Crippen LogP contribution in [0, 0.1) is 20.8 Å². The lowest BCUT2D eigenvalue weighted by Gasteiger charge is -2.10. The van der Waals surface area contributed by atoms with E-state index < -0.39 is 0 Å². The first-order chi connectivity index (χ1) is 16.3. The van der Waals surface area contributed by atoms with Gasteiger partial charge < -0.3 is 10.1 Å². The summed E-state index contributed by atoms with van der Waals surface area (Å²) >= 11 is 6.22. The van der Waals surface area contributed by atoms with Gasteiger partial charge >= 0.3 is 0 Å². The van der Waals surface area contributed by atoms with Crippen molar-refractivity contribution < 1.29 is 9.53 Å². The predicted octanol–water partition coefficient (Wildman–Crippen LogP) is 5.56. The van der Waals surface area contributed by atoms with E-state index in [0.717, 1.165) is 45.3 Å². The summed E-state index contributed by atoms with van der Waals surface area (Å²) < 4.78 is 9.64. The molecule has 0 atom stereocenters. The highest BCUT2D eigenvalue weighted by molar-refractivity contribution is 6.32. The van der Waals surface area contributed by atoms with E-state index >= 15 is 0 Å². The Hall–Kier alpha value is -3.58. The fourth-order valence-electron chi connectivity index (χ4n) is 3.76. The molecule has 34 heavy (non-hydrogen) atoms. The van der Waals surface area contributed by atoms with Crippen LogP contribution in [0.4, 0.5) is 5.69 Å². The molecule has 0 fully saturated rings. The van der Waals surface area contributed by atoms with Crippen LogP contribution in [0.5, 0.6) is 5.75 Å². The van der Waals surface area contributed by atoms with Crippen LogP contribution >= 0.6 is 11.6 Å². The summed E-state index contributed by atoms with van der Waals surface area (Å²) in [6, 6.07) is 11.2. The van der Waals surface area contributed by atoms with Crippen molar-refractivity contribution in [1.82, 2.24) is 19.6 Å². The van der Waals surface area contributed by atoms with Crippen molar-refractivity contribution in [3.8, 4) is 5.75 Å². The maximum Gasteiger partial charge on any atom is 0.255 e. The summed E-state index contributed by atoms with van der Waals surface area (Å²) in [5.74, 6) is 0.585. The van der Waals surface area contributed by atoms with Gasteiger partial charge in [0.15, 0.2) is 0 Å². The first kappa shape index (κ1) is 23.6. The first-order valence-electron chi connectivity index (χ1n) is 11.2. The number of hydrogen-bond donors (Lipinski definition) is 1. The van der Waals surface area contributed by atoms with E-state index in [1.165, 1.54) is 0 Å². The van der Waals surface area contributed by atoms with Crippen molar-refractivity contribution in [3.05, 3.63) is 93.5 Å². The summed E-state index contributed by atoms with van der Waals surface area (Å²) in [5, 5.41) is 12.4. The molecule has 0 aliphatic rings. The third kappa shape index (κ3) is 5.31. The Labute approximate surface area is 204 Å². The highest BCUT2D eigenvalue weighted by Crippen LogP contribution is 2.26. The van der Waals surface area contributed by atoms with Gasteiger partial charge in [0.1, 0.15) is 12.4 Å². The van der Waals surface area contributed by atoms with E-state index in [2.05, 4.69) is 22.4 Å². The molecule has 8 heteroatoms. The summed E-state index contributed by atoms with van der Waals surface area (Å²) in [7, 11) is 0. The van der Waals surface area contributed by atoms with Crippen LogP contribution in [0.15, 0.2) is 55.0 Å². The topological polar surface area (TPSA) is 74.0 Å². The van der Waals surface area contributed by atoms with E-state index in [1.54, 1.807) is 23.0 Å². The number of carbonyl (C=O) groups excluding carboxylic acids is 1. The molecule has 0 saturated carbocycles. The molecule has 0 spiro atoms. The van der Waals surface area contributed by atoms with E-state index in [1.807, 2.05) is 62.1 Å². The lowest BCUT2D eigenvalue weighted by molar-refractivity contribution is 0.102. The largest absolute Gasteiger partial charge is 0.489 e. The quantitative estimate of drug-likeness (QED) is 0.360. The lowest BCUT2D eigenvalue weighted by atomic mass is 10.1. The minimum absolute atomic E-state index is 0.189. The van der Waals surface area contributed by atoms with Gasteiger partial charge in [0.2, 0.25) is 0 Å². The number of amides is 1. The molecule has 0 radical (unpaired) electrons. The summed E-state index contributed by atoms with van der Waals surface area (Å²) in [6.45, 7) is 9.86. The van der Waals surface area contributed by atoms with E-state index in [4.69, 9.17) is 16.3 Å². The highest BCUT2D eigenvalue weighted by Gasteiger charge is 2.11. The molecule has 176 valence electrons. The average molecular weight is 478 g/mol. The standard InChI is InChI=1S/C26H28ClN5O2/c1-5-32-19(4)22(12-29-32)14-31-15-23(13-28-31)30-26(33)21-8-6-20(7-9-21)16-34-24-10-17(2)25(27)18(3)11-24/h6-13,15H,5,14,16H2,1-4H3,(H,30,33). The minimum Gasteiger partial charge on any atom is -0.489 e. The zero-order valence-corrected chi connectivity index (χ0v) is 20.6. The molecule has 7 nitrogen and oxygen atoms in total. The van der Waals surface area contributed by atoms with Gasteiger partial charge in [-0.25, -0.2) is 0 Å². The third-order valence-electron chi connectivity index (χ3n) is 5.76. The second-order valence-corrected chi connectivity index (χ2v) is 8.69. The second-order valence-electron chi connectivity index (χ2n) is 8.31. The van der Waals surface area contributed by atoms with Crippen LogP contribution in [0.2, 0.25) is 5.02 Å². The van der Waals surface area contributed by atoms with Gasteiger partial charge in [-0.05, 0) is 68.7 Å². The van der Waals surface area contributed by atoms with Gasteiger partial charge in [-0.15, -0.1) is 0 Å². The molecule has 2 aromatic carbocycles. The number of nitrogens with zero attached hydrogens (tertiary/aromatic N) is 4. The highest BCUT2D eigenvalue weighted by atomic mass is 35.5. The molecule has 2 heterocycles. The van der Waals surface area contributed by atoms with E-state index in [-0.39, 0.29) is 5.91 Å². The number of aromatic nitrogens is 4. The van der Waals surface area contributed by atoms with E-state index in [9.17, 15) is 4.79 Å². The molecular weight excluding hydrogens is 450 g/mol. The minimum atomic E-state index is -0.189. The van der Waals surface area contributed by atoms with Crippen molar-refractivity contribution in [1.29, 1.82) is 0 Å². The molecule has 4 rings (SSSR count). The summed E-state index contributed by atoms with van der Waals surface area (Å²) in [4.78, 5) is 12.7. The SMILES string of the molecule is CCn1ncc(Cn2cc(NC(=O)c3ccc(COc4cc(C)c(Cl)c(C)c4)cc3)cn2)c1C. The number of aryl methyl sites for hydroxylation is 3. The third-order valence-corrected chi connectivity index (χ3v) is 6.36. The molecule has 2 aromatic heterocycles. The average Bonchev–Trinajstić information content (AvgIpc) is 3.42. The van der Waals surface area contributed by atoms with Crippen LogP contribution in [0.1, 0.15) is 45.2 Å². The Bertz CT molecular complexity index is 1280. The fourth-order valence-corrected chi connectivity index (χ4v) is 3.87. The van der Waals surface area contributed by atoms with Crippen molar-refractivity contribution in [2.45, 2.75) is 47.4 Å². The van der Waals surface area contributed by atoms with Crippen molar-refractivity contribution >= 4 is 23.2 Å². The molecule has 1 N–H and O–H groups in total. The Kier molecular flexibility index (Phi) is 7.03. The molecule has 0 aliphatic carbocycles. The van der Waals surface area contributed by atoms with Gasteiger partial charge in [-0.3, -0.25) is 14.2 Å². The van der Waals surface area contributed by atoms with Crippen LogP contribution in [0.25, 0.3) is 0 Å². The molecule has 0 bridgehead atoms.